The number of carbonyl (C=O) groups is 1. The SMILES string of the molecule is O=C(/C=C/c1ccc([N+](=O)[O-])o1)Nc1ccc(SCCCl)cc1. The summed E-state index contributed by atoms with van der Waals surface area (Å²) < 4.78 is 4.92. The third kappa shape index (κ3) is 5.46. The van der Waals surface area contributed by atoms with Crippen LogP contribution in [0.25, 0.3) is 6.08 Å². The van der Waals surface area contributed by atoms with Crippen molar-refractivity contribution in [3.8, 4) is 0 Å². The summed E-state index contributed by atoms with van der Waals surface area (Å²) in [5.74, 6) is 0.921. The fourth-order valence-electron chi connectivity index (χ4n) is 1.66. The molecule has 0 saturated heterocycles. The maximum absolute atomic E-state index is 11.8. The Labute approximate surface area is 141 Å². The lowest BCUT2D eigenvalue weighted by Crippen LogP contribution is -2.07. The molecule has 2 rings (SSSR count). The number of hydrogen-bond acceptors (Lipinski definition) is 5. The molecule has 0 fully saturated rings. The first-order chi connectivity index (χ1) is 11.1. The third-order valence-electron chi connectivity index (χ3n) is 2.66. The molecule has 0 bridgehead atoms. The van der Waals surface area contributed by atoms with Gasteiger partial charge in [0, 0.05) is 28.3 Å². The van der Waals surface area contributed by atoms with E-state index in [1.807, 2.05) is 12.1 Å². The van der Waals surface area contributed by atoms with Crippen molar-refractivity contribution in [1.82, 2.24) is 0 Å². The number of benzene rings is 1. The Morgan fingerprint density at radius 2 is 2.04 bits per heavy atom. The molecule has 6 nitrogen and oxygen atoms in total. The fourth-order valence-corrected chi connectivity index (χ4v) is 2.54. The summed E-state index contributed by atoms with van der Waals surface area (Å²) in [7, 11) is 0. The Morgan fingerprint density at radius 3 is 2.65 bits per heavy atom. The second kappa shape index (κ2) is 8.40. The maximum atomic E-state index is 11.8. The van der Waals surface area contributed by atoms with E-state index < -0.39 is 4.92 Å². The highest BCUT2D eigenvalue weighted by Gasteiger charge is 2.10. The van der Waals surface area contributed by atoms with Crippen LogP contribution in [0.15, 0.2) is 51.8 Å². The van der Waals surface area contributed by atoms with Crippen molar-refractivity contribution in [3.63, 3.8) is 0 Å². The van der Waals surface area contributed by atoms with Gasteiger partial charge in [-0.15, -0.1) is 23.4 Å². The number of furan rings is 1. The molecule has 0 saturated carbocycles. The minimum Gasteiger partial charge on any atom is -0.401 e. The van der Waals surface area contributed by atoms with Gasteiger partial charge in [-0.2, -0.15) is 0 Å². The summed E-state index contributed by atoms with van der Waals surface area (Å²) in [5, 5.41) is 13.2. The lowest BCUT2D eigenvalue weighted by atomic mass is 10.3. The number of alkyl halides is 1. The summed E-state index contributed by atoms with van der Waals surface area (Å²) in [6.07, 6.45) is 2.62. The first-order valence-corrected chi connectivity index (χ1v) is 8.12. The monoisotopic (exact) mass is 352 g/mol. The summed E-state index contributed by atoms with van der Waals surface area (Å²) in [5.41, 5.74) is 0.653. The molecule has 0 spiro atoms. The van der Waals surface area contributed by atoms with Crippen molar-refractivity contribution in [2.75, 3.05) is 16.9 Å². The van der Waals surface area contributed by atoms with Gasteiger partial charge in [-0.05, 0) is 36.4 Å². The third-order valence-corrected chi connectivity index (χ3v) is 4.09. The molecule has 1 aromatic carbocycles. The number of nitro groups is 1. The van der Waals surface area contributed by atoms with E-state index in [-0.39, 0.29) is 17.6 Å². The minimum absolute atomic E-state index is 0.236. The van der Waals surface area contributed by atoms with Crippen LogP contribution < -0.4 is 5.32 Å². The molecule has 1 heterocycles. The lowest BCUT2D eigenvalue weighted by Gasteiger charge is -2.03. The summed E-state index contributed by atoms with van der Waals surface area (Å²) >= 11 is 7.26. The normalized spacial score (nSPS) is 10.8. The smallest absolute Gasteiger partial charge is 0.401 e. The van der Waals surface area contributed by atoms with Gasteiger partial charge < -0.3 is 9.73 Å². The van der Waals surface area contributed by atoms with Crippen LogP contribution in [-0.2, 0) is 4.79 Å². The van der Waals surface area contributed by atoms with Gasteiger partial charge >= 0.3 is 5.88 Å². The Kier molecular flexibility index (Phi) is 6.25. The number of nitrogens with one attached hydrogen (secondary N) is 1. The number of hydrogen-bond donors (Lipinski definition) is 1. The molecule has 0 atom stereocenters. The summed E-state index contributed by atoms with van der Waals surface area (Å²) in [4.78, 5) is 22.7. The molecule has 0 aliphatic heterocycles. The standard InChI is InChI=1S/C15H13ClN2O4S/c16-9-10-23-13-5-1-11(2-6-13)17-14(19)7-3-12-4-8-15(22-12)18(20)21/h1-8H,9-10H2,(H,17,19)/b7-3+. The van der Waals surface area contributed by atoms with Crippen LogP contribution in [0.2, 0.25) is 0 Å². The van der Waals surface area contributed by atoms with Crippen LogP contribution >= 0.6 is 23.4 Å². The van der Waals surface area contributed by atoms with Gasteiger partial charge in [-0.25, -0.2) is 0 Å². The van der Waals surface area contributed by atoms with Crippen LogP contribution in [0.4, 0.5) is 11.6 Å². The highest BCUT2D eigenvalue weighted by atomic mass is 35.5. The average molecular weight is 353 g/mol. The average Bonchev–Trinajstić information content (AvgIpc) is 3.01. The molecule has 2 aromatic rings. The van der Waals surface area contributed by atoms with E-state index >= 15 is 0 Å². The topological polar surface area (TPSA) is 85.4 Å². The molecule has 0 radical (unpaired) electrons. The van der Waals surface area contributed by atoms with Crippen molar-refractivity contribution in [2.24, 2.45) is 0 Å². The van der Waals surface area contributed by atoms with Crippen molar-refractivity contribution in [1.29, 1.82) is 0 Å². The van der Waals surface area contributed by atoms with Gasteiger partial charge in [0.25, 0.3) is 0 Å². The minimum atomic E-state index is -0.638. The van der Waals surface area contributed by atoms with Crippen LogP contribution in [0.5, 0.6) is 0 Å². The molecule has 0 unspecified atom stereocenters. The molecule has 120 valence electrons. The van der Waals surface area contributed by atoms with Crippen LogP contribution in [-0.4, -0.2) is 22.5 Å². The lowest BCUT2D eigenvalue weighted by molar-refractivity contribution is -0.402. The van der Waals surface area contributed by atoms with Crippen molar-refractivity contribution < 1.29 is 14.1 Å². The zero-order chi connectivity index (χ0) is 16.7. The highest BCUT2D eigenvalue weighted by Crippen LogP contribution is 2.20. The van der Waals surface area contributed by atoms with Crippen LogP contribution in [0.1, 0.15) is 5.76 Å². The second-order valence-electron chi connectivity index (χ2n) is 4.32. The molecule has 8 heteroatoms. The largest absolute Gasteiger partial charge is 0.433 e. The van der Waals surface area contributed by atoms with Gasteiger partial charge in [0.15, 0.2) is 0 Å². The summed E-state index contributed by atoms with van der Waals surface area (Å²) in [6, 6.07) is 10.0. The van der Waals surface area contributed by atoms with E-state index in [4.69, 9.17) is 16.0 Å². The van der Waals surface area contributed by atoms with Crippen molar-refractivity contribution in [2.45, 2.75) is 4.90 Å². The quantitative estimate of drug-likeness (QED) is 0.266. The Hall–Kier alpha value is -2.25. The van der Waals surface area contributed by atoms with Gasteiger partial charge in [-0.1, -0.05) is 0 Å². The van der Waals surface area contributed by atoms with E-state index in [2.05, 4.69) is 5.32 Å². The highest BCUT2D eigenvalue weighted by molar-refractivity contribution is 7.99. The number of thioether (sulfide) groups is 1. The predicted octanol–water partition coefficient (Wildman–Crippen LogP) is 4.17. The molecule has 1 amide bonds. The van der Waals surface area contributed by atoms with Crippen molar-refractivity contribution in [3.05, 3.63) is 58.3 Å². The van der Waals surface area contributed by atoms with Gasteiger partial charge in [-0.3, -0.25) is 14.9 Å². The number of carbonyl (C=O) groups excluding carboxylic acids is 1. The molecule has 1 N–H and O–H groups in total. The first-order valence-electron chi connectivity index (χ1n) is 6.60. The van der Waals surface area contributed by atoms with Crippen molar-refractivity contribution >= 4 is 46.9 Å². The number of halogens is 1. The van der Waals surface area contributed by atoms with E-state index in [1.54, 1.807) is 23.9 Å². The maximum Gasteiger partial charge on any atom is 0.433 e. The van der Waals surface area contributed by atoms with E-state index in [0.29, 0.717) is 11.6 Å². The number of rotatable bonds is 7. The molecule has 1 aromatic heterocycles. The number of anilines is 1. The molecule has 0 aliphatic rings. The Balaban J connectivity index is 1.90. The zero-order valence-corrected chi connectivity index (χ0v) is 13.5. The van der Waals surface area contributed by atoms with Gasteiger partial charge in [0.2, 0.25) is 5.91 Å². The number of amides is 1. The fraction of sp³-hybridized carbons (Fsp3) is 0.133. The van der Waals surface area contributed by atoms with Gasteiger partial charge in [0.05, 0.1) is 6.07 Å². The Morgan fingerprint density at radius 1 is 1.30 bits per heavy atom. The van der Waals surface area contributed by atoms with E-state index in [9.17, 15) is 14.9 Å². The van der Waals surface area contributed by atoms with Gasteiger partial charge in [0.1, 0.15) is 10.7 Å². The molecular formula is C15H13ClN2O4S. The summed E-state index contributed by atoms with van der Waals surface area (Å²) in [6.45, 7) is 0. The molecule has 23 heavy (non-hydrogen) atoms. The Bertz CT molecular complexity index is 713. The predicted molar refractivity (Wildman–Crippen MR) is 90.9 cm³/mol. The number of nitrogens with zero attached hydrogens (tertiary/aromatic N) is 1. The second-order valence-corrected chi connectivity index (χ2v) is 5.86. The first kappa shape index (κ1) is 17.1. The van der Waals surface area contributed by atoms with Crippen LogP contribution in [0, 0.1) is 10.1 Å². The van der Waals surface area contributed by atoms with E-state index in [0.717, 1.165) is 10.6 Å². The molecular weight excluding hydrogens is 340 g/mol. The zero-order valence-electron chi connectivity index (χ0n) is 11.9. The van der Waals surface area contributed by atoms with E-state index in [1.165, 1.54) is 24.3 Å². The molecule has 0 aliphatic carbocycles. The van der Waals surface area contributed by atoms with Crippen LogP contribution in [0.3, 0.4) is 0 Å².